The SMILES string of the molecule is COc1ncc(Cl)c(-n2cnc(C(N)=S)n2)n1. The molecule has 2 N–H and O–H groups in total. The highest BCUT2D eigenvalue weighted by atomic mass is 35.5. The summed E-state index contributed by atoms with van der Waals surface area (Å²) in [6, 6.07) is 0.178. The molecule has 0 aromatic carbocycles. The molecule has 0 aliphatic heterocycles. The van der Waals surface area contributed by atoms with Crippen molar-refractivity contribution in [3.63, 3.8) is 0 Å². The van der Waals surface area contributed by atoms with Crippen molar-refractivity contribution in [2.75, 3.05) is 7.11 Å². The van der Waals surface area contributed by atoms with Crippen molar-refractivity contribution in [1.82, 2.24) is 24.7 Å². The lowest BCUT2D eigenvalue weighted by Crippen LogP contribution is -2.12. The van der Waals surface area contributed by atoms with Gasteiger partial charge in [-0.1, -0.05) is 23.8 Å². The second-order valence-electron chi connectivity index (χ2n) is 2.91. The molecule has 0 fully saturated rings. The van der Waals surface area contributed by atoms with Crippen LogP contribution in [0.4, 0.5) is 0 Å². The van der Waals surface area contributed by atoms with Gasteiger partial charge in [0.15, 0.2) is 5.82 Å². The first kappa shape index (κ1) is 11.7. The number of halogens is 1. The van der Waals surface area contributed by atoms with E-state index in [1.54, 1.807) is 0 Å². The number of nitrogens with zero attached hydrogens (tertiary/aromatic N) is 5. The summed E-state index contributed by atoms with van der Waals surface area (Å²) in [5.41, 5.74) is 5.40. The van der Waals surface area contributed by atoms with E-state index in [1.807, 2.05) is 0 Å². The van der Waals surface area contributed by atoms with Gasteiger partial charge in [-0.2, -0.15) is 4.98 Å². The monoisotopic (exact) mass is 270 g/mol. The van der Waals surface area contributed by atoms with Gasteiger partial charge in [0.2, 0.25) is 5.82 Å². The molecule has 0 saturated carbocycles. The highest BCUT2D eigenvalue weighted by molar-refractivity contribution is 7.80. The molecule has 0 saturated heterocycles. The minimum absolute atomic E-state index is 0.0980. The van der Waals surface area contributed by atoms with E-state index in [0.29, 0.717) is 10.8 Å². The Bertz CT molecular complexity index is 571. The molecule has 2 rings (SSSR count). The van der Waals surface area contributed by atoms with E-state index >= 15 is 0 Å². The lowest BCUT2D eigenvalue weighted by Gasteiger charge is -2.03. The van der Waals surface area contributed by atoms with Gasteiger partial charge in [-0.15, -0.1) is 5.10 Å². The number of hydrogen-bond acceptors (Lipinski definition) is 6. The molecule has 0 aliphatic rings. The topological polar surface area (TPSA) is 91.7 Å². The van der Waals surface area contributed by atoms with Crippen LogP contribution in [0.5, 0.6) is 6.01 Å². The zero-order valence-corrected chi connectivity index (χ0v) is 10.2. The third-order valence-corrected chi connectivity index (χ3v) is 2.26. The third-order valence-electron chi connectivity index (χ3n) is 1.82. The largest absolute Gasteiger partial charge is 0.467 e. The second-order valence-corrected chi connectivity index (χ2v) is 3.75. The van der Waals surface area contributed by atoms with Crippen molar-refractivity contribution in [1.29, 1.82) is 0 Å². The van der Waals surface area contributed by atoms with Crippen molar-refractivity contribution in [3.05, 3.63) is 23.4 Å². The fraction of sp³-hybridized carbons (Fsp3) is 0.125. The quantitative estimate of drug-likeness (QED) is 0.805. The summed E-state index contributed by atoms with van der Waals surface area (Å²) >= 11 is 10.7. The van der Waals surface area contributed by atoms with E-state index in [1.165, 1.54) is 24.3 Å². The van der Waals surface area contributed by atoms with Gasteiger partial charge in [0, 0.05) is 0 Å². The summed E-state index contributed by atoms with van der Waals surface area (Å²) in [7, 11) is 1.45. The van der Waals surface area contributed by atoms with Crippen molar-refractivity contribution in [2.45, 2.75) is 0 Å². The highest BCUT2D eigenvalue weighted by Gasteiger charge is 2.11. The van der Waals surface area contributed by atoms with Crippen LogP contribution in [0.1, 0.15) is 5.82 Å². The van der Waals surface area contributed by atoms with Crippen molar-refractivity contribution in [2.24, 2.45) is 5.73 Å². The molecule has 0 unspecified atom stereocenters. The zero-order chi connectivity index (χ0) is 12.4. The Hall–Kier alpha value is -1.80. The first-order valence-electron chi connectivity index (χ1n) is 4.40. The summed E-state index contributed by atoms with van der Waals surface area (Å²) in [6.45, 7) is 0. The molecule has 0 spiro atoms. The van der Waals surface area contributed by atoms with Crippen LogP contribution in [0.15, 0.2) is 12.5 Å². The number of rotatable bonds is 3. The molecule has 0 aliphatic carbocycles. The Morgan fingerprint density at radius 2 is 2.29 bits per heavy atom. The Morgan fingerprint density at radius 1 is 1.53 bits per heavy atom. The van der Waals surface area contributed by atoms with Gasteiger partial charge in [0.1, 0.15) is 16.3 Å². The second kappa shape index (κ2) is 4.60. The van der Waals surface area contributed by atoms with E-state index in [2.05, 4.69) is 20.1 Å². The van der Waals surface area contributed by atoms with Gasteiger partial charge in [-0.05, 0) is 0 Å². The Labute approximate surface area is 107 Å². The van der Waals surface area contributed by atoms with Crippen molar-refractivity contribution in [3.8, 4) is 11.8 Å². The molecule has 2 heterocycles. The number of methoxy groups -OCH3 is 1. The van der Waals surface area contributed by atoms with Crippen LogP contribution in [0.3, 0.4) is 0 Å². The molecule has 0 atom stereocenters. The smallest absolute Gasteiger partial charge is 0.318 e. The predicted molar refractivity (Wildman–Crippen MR) is 64.4 cm³/mol. The fourth-order valence-electron chi connectivity index (χ4n) is 1.08. The van der Waals surface area contributed by atoms with E-state index in [4.69, 9.17) is 34.3 Å². The Morgan fingerprint density at radius 3 is 2.88 bits per heavy atom. The van der Waals surface area contributed by atoms with Crippen LogP contribution in [0.25, 0.3) is 5.82 Å². The fourth-order valence-corrected chi connectivity index (χ4v) is 1.35. The average Bonchev–Trinajstić information content (AvgIpc) is 2.79. The molecule has 0 radical (unpaired) electrons. The summed E-state index contributed by atoms with van der Waals surface area (Å²) < 4.78 is 6.24. The number of thiocarbonyl (C=S) groups is 1. The summed E-state index contributed by atoms with van der Waals surface area (Å²) in [6.07, 6.45) is 2.81. The minimum atomic E-state index is 0.0980. The molecule has 88 valence electrons. The maximum absolute atomic E-state index is 5.94. The van der Waals surface area contributed by atoms with Crippen LogP contribution < -0.4 is 10.5 Å². The van der Waals surface area contributed by atoms with Crippen molar-refractivity contribution < 1.29 is 4.74 Å². The van der Waals surface area contributed by atoms with E-state index in [-0.39, 0.29) is 16.8 Å². The maximum atomic E-state index is 5.94. The first-order valence-corrected chi connectivity index (χ1v) is 5.19. The molecule has 0 bridgehead atoms. The average molecular weight is 271 g/mol. The standard InChI is InChI=1S/C8H7ClN6OS/c1-16-8-11-2-4(9)7(13-8)15-3-12-6(14-15)5(10)17/h2-3H,1H3,(H2,10,17). The lowest BCUT2D eigenvalue weighted by atomic mass is 10.6. The zero-order valence-electron chi connectivity index (χ0n) is 8.66. The molecular formula is C8H7ClN6OS. The molecule has 9 heteroatoms. The van der Waals surface area contributed by atoms with Crippen LogP contribution in [0, 0.1) is 0 Å². The van der Waals surface area contributed by atoms with E-state index in [0.717, 1.165) is 0 Å². The van der Waals surface area contributed by atoms with E-state index < -0.39 is 0 Å². The first-order chi connectivity index (χ1) is 8.11. The summed E-state index contributed by atoms with van der Waals surface area (Å²) in [5, 5.41) is 4.34. The van der Waals surface area contributed by atoms with Gasteiger partial charge in [-0.3, -0.25) is 0 Å². The van der Waals surface area contributed by atoms with Crippen LogP contribution in [0.2, 0.25) is 5.02 Å². The predicted octanol–water partition coefficient (Wildman–Crippen LogP) is 0.353. The molecule has 17 heavy (non-hydrogen) atoms. The number of nitrogens with two attached hydrogens (primary N) is 1. The molecular weight excluding hydrogens is 264 g/mol. The van der Waals surface area contributed by atoms with Gasteiger partial charge >= 0.3 is 6.01 Å². The van der Waals surface area contributed by atoms with Crippen LogP contribution >= 0.6 is 23.8 Å². The number of hydrogen-bond donors (Lipinski definition) is 1. The third kappa shape index (κ3) is 2.32. The van der Waals surface area contributed by atoms with Crippen LogP contribution in [-0.2, 0) is 0 Å². The normalized spacial score (nSPS) is 10.2. The molecule has 2 aromatic rings. The molecule has 0 amide bonds. The van der Waals surface area contributed by atoms with Gasteiger partial charge < -0.3 is 10.5 Å². The minimum Gasteiger partial charge on any atom is -0.467 e. The molecule has 2 aromatic heterocycles. The lowest BCUT2D eigenvalue weighted by molar-refractivity contribution is 0.379. The number of aromatic nitrogens is 5. The van der Waals surface area contributed by atoms with E-state index in [9.17, 15) is 0 Å². The van der Waals surface area contributed by atoms with Gasteiger partial charge in [0.05, 0.1) is 13.3 Å². The Kier molecular flexibility index (Phi) is 3.16. The van der Waals surface area contributed by atoms with Gasteiger partial charge in [-0.25, -0.2) is 14.6 Å². The highest BCUT2D eigenvalue weighted by Crippen LogP contribution is 2.18. The summed E-state index contributed by atoms with van der Waals surface area (Å²) in [4.78, 5) is 11.9. The molecule has 7 nitrogen and oxygen atoms in total. The number of ether oxygens (including phenoxy) is 1. The Balaban J connectivity index is 2.47. The van der Waals surface area contributed by atoms with Gasteiger partial charge in [0.25, 0.3) is 0 Å². The van der Waals surface area contributed by atoms with Crippen LogP contribution in [-0.4, -0.2) is 36.8 Å². The maximum Gasteiger partial charge on any atom is 0.318 e. The van der Waals surface area contributed by atoms with Crippen molar-refractivity contribution >= 4 is 28.8 Å². The summed E-state index contributed by atoms with van der Waals surface area (Å²) in [5.74, 6) is 0.585.